The predicted octanol–water partition coefficient (Wildman–Crippen LogP) is 6.47. The number of aryl methyl sites for hydroxylation is 1. The highest BCUT2D eigenvalue weighted by Crippen LogP contribution is 2.25. The molecule has 6 rings (SSSR count). The van der Waals surface area contributed by atoms with Crippen LogP contribution >= 0.6 is 0 Å². The highest BCUT2D eigenvalue weighted by Gasteiger charge is 2.24. The summed E-state index contributed by atoms with van der Waals surface area (Å²) in [6, 6.07) is 15.9. The Morgan fingerprint density at radius 1 is 1.04 bits per heavy atom. The highest BCUT2D eigenvalue weighted by atomic mass is 28.3. The Bertz CT molecular complexity index is 2030. The van der Waals surface area contributed by atoms with E-state index in [1.165, 1.54) is 13.2 Å². The van der Waals surface area contributed by atoms with Crippen LogP contribution in [0.2, 0.25) is 19.6 Å². The van der Waals surface area contributed by atoms with Crippen LogP contribution in [-0.4, -0.2) is 69.3 Å². The standard InChI is InChI=1S/C38H43FN6O4Si/c1-6-44-26-40-22-30(44)23-45-34-21-28(38(46)47-2)11-12-33(34)42-36(45)24-43-17-14-31(15-18-43)49-37-9-7-8-29(41-37)25-48-35-13-10-27(20-32(35)39)16-19-50(3,4)5/h7-13,20-22,26,31H,6,14-15,17-18,23-25H2,1-5H3. The molecule has 10 nitrogen and oxygen atoms in total. The number of hydrogen-bond donors (Lipinski definition) is 0. The molecule has 1 saturated heterocycles. The number of ether oxygens (including phenoxy) is 3. The summed E-state index contributed by atoms with van der Waals surface area (Å²) in [6.45, 7) is 12.4. The number of esters is 1. The van der Waals surface area contributed by atoms with Crippen LogP contribution in [0.5, 0.6) is 11.6 Å². The van der Waals surface area contributed by atoms with Gasteiger partial charge in [0.25, 0.3) is 0 Å². The molecule has 0 bridgehead atoms. The van der Waals surface area contributed by atoms with Gasteiger partial charge in [-0.2, -0.15) is 0 Å². The van der Waals surface area contributed by atoms with Crippen LogP contribution in [0.4, 0.5) is 4.39 Å². The smallest absolute Gasteiger partial charge is 0.337 e. The molecule has 0 N–H and O–H groups in total. The van der Waals surface area contributed by atoms with Crippen LogP contribution in [0.3, 0.4) is 0 Å². The van der Waals surface area contributed by atoms with Crippen molar-refractivity contribution in [3.63, 3.8) is 0 Å². The number of carbonyl (C=O) groups is 1. The molecule has 0 radical (unpaired) electrons. The number of hydrogen-bond acceptors (Lipinski definition) is 8. The second-order valence-electron chi connectivity index (χ2n) is 13.5. The third kappa shape index (κ3) is 8.59. The lowest BCUT2D eigenvalue weighted by molar-refractivity contribution is 0.0601. The van der Waals surface area contributed by atoms with Crippen LogP contribution < -0.4 is 9.47 Å². The number of piperidine rings is 1. The van der Waals surface area contributed by atoms with E-state index < -0.39 is 13.9 Å². The molecule has 50 heavy (non-hydrogen) atoms. The quantitative estimate of drug-likeness (QED) is 0.0882. The molecule has 0 spiro atoms. The van der Waals surface area contributed by atoms with Gasteiger partial charge in [0.05, 0.1) is 54.5 Å². The molecule has 0 saturated carbocycles. The van der Waals surface area contributed by atoms with Crippen molar-refractivity contribution in [2.24, 2.45) is 0 Å². The fraction of sp³-hybridized carbons (Fsp3) is 0.368. The van der Waals surface area contributed by atoms with E-state index in [1.807, 2.05) is 42.9 Å². The van der Waals surface area contributed by atoms with Crippen LogP contribution in [0, 0.1) is 17.3 Å². The number of fused-ring (bicyclic) bond motifs is 1. The topological polar surface area (TPSA) is 96.5 Å². The monoisotopic (exact) mass is 694 g/mol. The number of imidazole rings is 2. The Hall–Kier alpha value is -4.99. The first-order chi connectivity index (χ1) is 24.1. The number of aromatic nitrogens is 5. The van der Waals surface area contributed by atoms with Crippen molar-refractivity contribution in [3.05, 3.63) is 101 Å². The van der Waals surface area contributed by atoms with E-state index >= 15 is 0 Å². The van der Waals surface area contributed by atoms with E-state index in [1.54, 1.807) is 18.2 Å². The van der Waals surface area contributed by atoms with Crippen molar-refractivity contribution < 1.29 is 23.4 Å². The van der Waals surface area contributed by atoms with Gasteiger partial charge in [-0.1, -0.05) is 31.6 Å². The lowest BCUT2D eigenvalue weighted by atomic mass is 10.1. The van der Waals surface area contributed by atoms with Gasteiger partial charge in [-0.05, 0) is 62.2 Å². The molecule has 4 heterocycles. The molecule has 1 fully saturated rings. The Balaban J connectivity index is 1.07. The van der Waals surface area contributed by atoms with Crippen molar-refractivity contribution in [1.82, 2.24) is 29.0 Å². The molecule has 2 aromatic carbocycles. The Morgan fingerprint density at radius 2 is 1.86 bits per heavy atom. The van der Waals surface area contributed by atoms with E-state index in [2.05, 4.69) is 62.0 Å². The van der Waals surface area contributed by atoms with Crippen molar-refractivity contribution >= 4 is 25.1 Å². The molecule has 3 aromatic heterocycles. The van der Waals surface area contributed by atoms with Gasteiger partial charge in [0.2, 0.25) is 5.88 Å². The molecule has 1 aliphatic heterocycles. The summed E-state index contributed by atoms with van der Waals surface area (Å²) >= 11 is 0. The third-order valence-electron chi connectivity index (χ3n) is 8.57. The van der Waals surface area contributed by atoms with Gasteiger partial charge in [-0.3, -0.25) is 4.90 Å². The van der Waals surface area contributed by atoms with Gasteiger partial charge >= 0.3 is 5.97 Å². The van der Waals surface area contributed by atoms with Gasteiger partial charge in [0, 0.05) is 37.5 Å². The average Bonchev–Trinajstić information content (AvgIpc) is 3.70. The van der Waals surface area contributed by atoms with Crippen LogP contribution in [0.15, 0.2) is 67.1 Å². The number of halogens is 1. The molecular formula is C38H43FN6O4Si. The minimum atomic E-state index is -1.55. The SMILES string of the molecule is CCn1cncc1Cn1c(CN2CCC(Oc3cccc(COc4ccc(C#C[Si](C)(C)C)cc4F)n3)CC2)nc2ccc(C(=O)OC)cc21. The summed E-state index contributed by atoms with van der Waals surface area (Å²) in [4.78, 5) is 28.7. The van der Waals surface area contributed by atoms with Crippen molar-refractivity contribution in [2.45, 2.75) is 71.8 Å². The number of nitrogens with zero attached hydrogens (tertiary/aromatic N) is 6. The average molecular weight is 695 g/mol. The zero-order valence-corrected chi connectivity index (χ0v) is 30.3. The number of carbonyl (C=O) groups excluding carboxylic acids is 1. The molecule has 0 amide bonds. The highest BCUT2D eigenvalue weighted by molar-refractivity contribution is 6.83. The van der Waals surface area contributed by atoms with Crippen molar-refractivity contribution in [2.75, 3.05) is 20.2 Å². The fourth-order valence-electron chi connectivity index (χ4n) is 5.91. The van der Waals surface area contributed by atoms with Gasteiger partial charge in [-0.15, -0.1) is 5.54 Å². The number of rotatable bonds is 11. The normalized spacial score (nSPS) is 14.0. The molecule has 0 unspecified atom stereocenters. The van der Waals surface area contributed by atoms with E-state index in [4.69, 9.17) is 19.2 Å². The van der Waals surface area contributed by atoms with Gasteiger partial charge in [0.15, 0.2) is 11.6 Å². The molecule has 0 aliphatic carbocycles. The molecule has 260 valence electrons. The van der Waals surface area contributed by atoms with Gasteiger partial charge in [0.1, 0.15) is 26.6 Å². The first-order valence-corrected chi connectivity index (χ1v) is 20.5. The van der Waals surface area contributed by atoms with E-state index in [-0.39, 0.29) is 24.4 Å². The second-order valence-corrected chi connectivity index (χ2v) is 18.2. The molecule has 12 heteroatoms. The van der Waals surface area contributed by atoms with Gasteiger partial charge < -0.3 is 23.3 Å². The summed E-state index contributed by atoms with van der Waals surface area (Å²) in [6.07, 6.45) is 5.38. The number of benzene rings is 2. The molecular weight excluding hydrogens is 652 g/mol. The number of methoxy groups -OCH3 is 1. The minimum Gasteiger partial charge on any atom is -0.484 e. The third-order valence-corrected chi connectivity index (χ3v) is 9.44. The summed E-state index contributed by atoms with van der Waals surface area (Å²) < 4.78 is 36.1. The maximum Gasteiger partial charge on any atom is 0.337 e. The van der Waals surface area contributed by atoms with E-state index in [0.29, 0.717) is 35.8 Å². The predicted molar refractivity (Wildman–Crippen MR) is 192 cm³/mol. The molecule has 1 aliphatic rings. The summed E-state index contributed by atoms with van der Waals surface area (Å²) in [5.41, 5.74) is 7.81. The van der Waals surface area contributed by atoms with Crippen molar-refractivity contribution in [3.8, 4) is 23.1 Å². The largest absolute Gasteiger partial charge is 0.484 e. The second kappa shape index (κ2) is 15.3. The first-order valence-electron chi connectivity index (χ1n) is 17.0. The lowest BCUT2D eigenvalue weighted by Crippen LogP contribution is -2.38. The Morgan fingerprint density at radius 3 is 2.60 bits per heavy atom. The maximum atomic E-state index is 14.7. The fourth-order valence-corrected chi connectivity index (χ4v) is 6.43. The lowest BCUT2D eigenvalue weighted by Gasteiger charge is -2.31. The maximum absolute atomic E-state index is 14.7. The summed E-state index contributed by atoms with van der Waals surface area (Å²) in [5.74, 6) is 3.87. The Kier molecular flexibility index (Phi) is 10.6. The zero-order chi connectivity index (χ0) is 35.3. The van der Waals surface area contributed by atoms with Crippen LogP contribution in [-0.2, 0) is 31.0 Å². The zero-order valence-electron chi connectivity index (χ0n) is 29.3. The number of likely N-dealkylation sites (tertiary alicyclic amines) is 1. The van der Waals surface area contributed by atoms with Crippen LogP contribution in [0.25, 0.3) is 11.0 Å². The first kappa shape index (κ1) is 34.9. The van der Waals surface area contributed by atoms with E-state index in [9.17, 15) is 9.18 Å². The Labute approximate surface area is 293 Å². The molecule has 0 atom stereocenters. The summed E-state index contributed by atoms with van der Waals surface area (Å²) in [5, 5.41) is 0. The number of pyridine rings is 1. The van der Waals surface area contributed by atoms with Crippen molar-refractivity contribution in [1.29, 1.82) is 0 Å². The van der Waals surface area contributed by atoms with Gasteiger partial charge in [-0.25, -0.2) is 24.1 Å². The van der Waals surface area contributed by atoms with Crippen LogP contribution in [0.1, 0.15) is 52.9 Å². The molecule has 5 aromatic rings. The minimum absolute atomic E-state index is 0.0116. The van der Waals surface area contributed by atoms with E-state index in [0.717, 1.165) is 55.0 Å². The summed E-state index contributed by atoms with van der Waals surface area (Å²) in [7, 11) is -0.166.